The van der Waals surface area contributed by atoms with Crippen LogP contribution in [0.4, 0.5) is 0 Å². The number of rotatable bonds is 8. The van der Waals surface area contributed by atoms with Crippen molar-refractivity contribution in [3.05, 3.63) is 54.1 Å². The van der Waals surface area contributed by atoms with Crippen molar-refractivity contribution < 1.29 is 19.1 Å². The molecule has 1 unspecified atom stereocenters. The van der Waals surface area contributed by atoms with Crippen molar-refractivity contribution in [3.8, 4) is 5.75 Å². The molecule has 3 N–H and O–H groups in total. The molecule has 7 heteroatoms. The normalized spacial score (nSPS) is 12.1. The van der Waals surface area contributed by atoms with Crippen LogP contribution in [0, 0.1) is 0 Å². The minimum absolute atomic E-state index is 0.152. The third-order valence-corrected chi connectivity index (χ3v) is 4.06. The van der Waals surface area contributed by atoms with E-state index in [0.717, 1.165) is 10.8 Å². The molecule has 0 spiro atoms. The van der Waals surface area contributed by atoms with Crippen molar-refractivity contribution in [2.75, 3.05) is 26.0 Å². The number of methoxy groups -OCH3 is 1. The van der Waals surface area contributed by atoms with Crippen LogP contribution in [0.5, 0.6) is 5.75 Å². The Morgan fingerprint density at radius 1 is 1.27 bits per heavy atom. The van der Waals surface area contributed by atoms with Crippen LogP contribution in [0.15, 0.2) is 48.6 Å². The van der Waals surface area contributed by atoms with Crippen LogP contribution >= 0.6 is 12.6 Å². The maximum atomic E-state index is 12.5. The van der Waals surface area contributed by atoms with Crippen molar-refractivity contribution in [3.63, 3.8) is 0 Å². The minimum Gasteiger partial charge on any atom is -0.489 e. The molecule has 0 fully saturated rings. The zero-order valence-electron chi connectivity index (χ0n) is 14.5. The highest BCUT2D eigenvalue weighted by Gasteiger charge is 2.15. The average molecular weight is 374 g/mol. The summed E-state index contributed by atoms with van der Waals surface area (Å²) >= 11 is 4.11. The van der Waals surface area contributed by atoms with E-state index in [2.05, 4.69) is 22.7 Å². The third-order valence-electron chi connectivity index (χ3n) is 3.64. The molecule has 2 rings (SSSR count). The van der Waals surface area contributed by atoms with Gasteiger partial charge in [-0.05, 0) is 29.0 Å². The van der Waals surface area contributed by atoms with E-state index in [1.165, 1.54) is 7.11 Å². The second-order valence-corrected chi connectivity index (χ2v) is 5.91. The minimum atomic E-state index is -0.523. The van der Waals surface area contributed by atoms with Gasteiger partial charge in [-0.15, -0.1) is 0 Å². The van der Waals surface area contributed by atoms with E-state index < -0.39 is 11.9 Å². The Kier molecular flexibility index (Phi) is 7.50. The van der Waals surface area contributed by atoms with E-state index in [1.807, 2.05) is 24.3 Å². The molecular weight excluding hydrogens is 352 g/mol. The molecular formula is C19H22N2O4S. The largest absolute Gasteiger partial charge is 0.489 e. The average Bonchev–Trinajstić information content (AvgIpc) is 2.68. The maximum Gasteiger partial charge on any atom is 0.325 e. The van der Waals surface area contributed by atoms with Gasteiger partial charge in [-0.2, -0.15) is 12.6 Å². The fraction of sp³-hybridized carbons (Fsp3) is 0.263. The van der Waals surface area contributed by atoms with E-state index in [1.54, 1.807) is 24.3 Å². The summed E-state index contributed by atoms with van der Waals surface area (Å²) in [4.78, 5) is 23.7. The molecule has 2 aromatic carbocycles. The number of nitrogens with two attached hydrogens (primary N) is 1. The first kappa shape index (κ1) is 19.8. The highest BCUT2D eigenvalue weighted by Crippen LogP contribution is 2.26. The van der Waals surface area contributed by atoms with E-state index in [-0.39, 0.29) is 19.2 Å². The maximum absolute atomic E-state index is 12.5. The summed E-state index contributed by atoms with van der Waals surface area (Å²) in [6.45, 7) is 0.0510. The van der Waals surface area contributed by atoms with Gasteiger partial charge in [-0.1, -0.05) is 30.3 Å². The van der Waals surface area contributed by atoms with Gasteiger partial charge >= 0.3 is 5.97 Å². The van der Waals surface area contributed by atoms with Gasteiger partial charge in [-0.3, -0.25) is 9.59 Å². The third kappa shape index (κ3) is 5.50. The molecule has 26 heavy (non-hydrogen) atoms. The van der Waals surface area contributed by atoms with Gasteiger partial charge < -0.3 is 20.5 Å². The molecule has 0 aliphatic rings. The van der Waals surface area contributed by atoms with Gasteiger partial charge in [0, 0.05) is 11.8 Å². The van der Waals surface area contributed by atoms with Crippen LogP contribution in [0.1, 0.15) is 10.4 Å². The lowest BCUT2D eigenvalue weighted by atomic mass is 10.1. The van der Waals surface area contributed by atoms with E-state index in [0.29, 0.717) is 17.1 Å². The van der Waals surface area contributed by atoms with Crippen molar-refractivity contribution >= 4 is 35.3 Å². The summed E-state index contributed by atoms with van der Waals surface area (Å²) in [5, 5.41) is 4.38. The van der Waals surface area contributed by atoms with Gasteiger partial charge in [0.25, 0.3) is 5.91 Å². The Balaban J connectivity index is 2.22. The summed E-state index contributed by atoms with van der Waals surface area (Å²) < 4.78 is 10.3. The van der Waals surface area contributed by atoms with Gasteiger partial charge in [-0.25, -0.2) is 0 Å². The van der Waals surface area contributed by atoms with Crippen molar-refractivity contribution in [2.24, 2.45) is 5.73 Å². The second kappa shape index (κ2) is 9.84. The Morgan fingerprint density at radius 3 is 2.62 bits per heavy atom. The molecule has 0 saturated carbocycles. The number of esters is 1. The summed E-state index contributed by atoms with van der Waals surface area (Å²) in [6.07, 6.45) is 3.58. The van der Waals surface area contributed by atoms with E-state index in [4.69, 9.17) is 10.5 Å². The number of ether oxygens (including phenoxy) is 2. The standard InChI is InChI=1S/C19H22N2O4S/c1-24-18(22)11-21-19(23)16-9-13-5-2-3-6-14(13)10-17(16)25-8-4-7-15(20)12-26/h2-7,9-10,15,26H,8,11-12,20H2,1H3,(H,21,23)/b7-4+. The van der Waals surface area contributed by atoms with Crippen LogP contribution in [0.2, 0.25) is 0 Å². The van der Waals surface area contributed by atoms with Crippen LogP contribution in [-0.2, 0) is 9.53 Å². The topological polar surface area (TPSA) is 90.6 Å². The highest BCUT2D eigenvalue weighted by atomic mass is 32.1. The number of amides is 1. The molecule has 1 amide bonds. The quantitative estimate of drug-likeness (QED) is 0.373. The number of carbonyl (C=O) groups excluding carboxylic acids is 2. The number of thiol groups is 1. The SMILES string of the molecule is COC(=O)CNC(=O)c1cc2ccccc2cc1OC/C=C/C(N)CS. The van der Waals surface area contributed by atoms with Crippen LogP contribution < -0.4 is 15.8 Å². The lowest BCUT2D eigenvalue weighted by Crippen LogP contribution is -2.30. The molecule has 0 aromatic heterocycles. The van der Waals surface area contributed by atoms with E-state index in [9.17, 15) is 9.59 Å². The Hall–Kier alpha value is -2.51. The van der Waals surface area contributed by atoms with Gasteiger partial charge in [0.2, 0.25) is 0 Å². The molecule has 0 aliphatic heterocycles. The number of hydrogen-bond acceptors (Lipinski definition) is 6. The first-order chi connectivity index (χ1) is 12.5. The monoisotopic (exact) mass is 374 g/mol. The number of carbonyl (C=O) groups is 2. The predicted molar refractivity (Wildman–Crippen MR) is 105 cm³/mol. The highest BCUT2D eigenvalue weighted by molar-refractivity contribution is 7.80. The second-order valence-electron chi connectivity index (χ2n) is 5.54. The number of benzene rings is 2. The Morgan fingerprint density at radius 2 is 1.96 bits per heavy atom. The molecule has 1 atom stereocenters. The first-order valence-electron chi connectivity index (χ1n) is 8.09. The van der Waals surface area contributed by atoms with Gasteiger partial charge in [0.05, 0.1) is 12.7 Å². The van der Waals surface area contributed by atoms with Crippen LogP contribution in [0.25, 0.3) is 10.8 Å². The van der Waals surface area contributed by atoms with Crippen molar-refractivity contribution in [1.29, 1.82) is 0 Å². The first-order valence-corrected chi connectivity index (χ1v) is 8.72. The molecule has 0 aliphatic carbocycles. The van der Waals surface area contributed by atoms with E-state index >= 15 is 0 Å². The summed E-state index contributed by atoms with van der Waals surface area (Å²) in [7, 11) is 1.26. The van der Waals surface area contributed by atoms with Crippen molar-refractivity contribution in [1.82, 2.24) is 5.32 Å². The lowest BCUT2D eigenvalue weighted by molar-refractivity contribution is -0.139. The number of nitrogens with one attached hydrogen (secondary N) is 1. The van der Waals surface area contributed by atoms with Gasteiger partial charge in [0.1, 0.15) is 18.9 Å². The Bertz CT molecular complexity index is 807. The smallest absolute Gasteiger partial charge is 0.325 e. The molecule has 138 valence electrons. The fourth-order valence-corrected chi connectivity index (χ4v) is 2.39. The summed E-state index contributed by atoms with van der Waals surface area (Å²) in [5.74, 6) is 0.0286. The molecule has 2 aromatic rings. The molecule has 0 saturated heterocycles. The van der Waals surface area contributed by atoms with Crippen LogP contribution in [0.3, 0.4) is 0 Å². The summed E-state index contributed by atoms with van der Waals surface area (Å²) in [6, 6.07) is 11.0. The summed E-state index contributed by atoms with van der Waals surface area (Å²) in [5.41, 5.74) is 6.11. The fourth-order valence-electron chi connectivity index (χ4n) is 2.27. The predicted octanol–water partition coefficient (Wildman–Crippen LogP) is 1.93. The zero-order valence-corrected chi connectivity index (χ0v) is 15.4. The number of fused-ring (bicyclic) bond motifs is 1. The molecule has 0 radical (unpaired) electrons. The molecule has 0 heterocycles. The Labute approximate surface area is 157 Å². The zero-order chi connectivity index (χ0) is 18.9. The molecule has 6 nitrogen and oxygen atoms in total. The van der Waals surface area contributed by atoms with Gasteiger partial charge in [0.15, 0.2) is 0 Å². The number of hydrogen-bond donors (Lipinski definition) is 3. The van der Waals surface area contributed by atoms with Crippen LogP contribution in [-0.4, -0.2) is 43.9 Å². The lowest BCUT2D eigenvalue weighted by Gasteiger charge is -2.12. The molecule has 0 bridgehead atoms. The van der Waals surface area contributed by atoms with Crippen molar-refractivity contribution in [2.45, 2.75) is 6.04 Å².